The van der Waals surface area contributed by atoms with Crippen molar-refractivity contribution in [2.75, 3.05) is 25.5 Å². The van der Waals surface area contributed by atoms with Gasteiger partial charge in [0.25, 0.3) is 0 Å². The fraction of sp³-hybridized carbons (Fsp3) is 0.542. The van der Waals surface area contributed by atoms with Crippen molar-refractivity contribution < 1.29 is 19.5 Å². The summed E-state index contributed by atoms with van der Waals surface area (Å²) in [4.78, 5) is 41.4. The zero-order valence-electron chi connectivity index (χ0n) is 18.8. The molecular weight excluding hydrogens is 430 g/mol. The van der Waals surface area contributed by atoms with Crippen LogP contribution < -0.4 is 10.6 Å². The van der Waals surface area contributed by atoms with Crippen molar-refractivity contribution in [1.82, 2.24) is 10.2 Å². The number of hydrogen-bond donors (Lipinski definition) is 3. The molecule has 3 amide bonds. The molecule has 1 aromatic carbocycles. The number of amides is 3. The highest BCUT2D eigenvalue weighted by Gasteiger charge is 2.56. The minimum Gasteiger partial charge on any atom is -0.396 e. The second kappa shape index (κ2) is 10.5. The molecule has 0 unspecified atom stereocenters. The number of carbonyl (C=O) groups excluding carboxylic acids is 3. The lowest BCUT2D eigenvalue weighted by atomic mass is 9.68. The Bertz CT molecular complexity index is 883. The Morgan fingerprint density at radius 3 is 2.59 bits per heavy atom. The number of nitrogens with zero attached hydrogens (tertiary/aromatic N) is 1. The van der Waals surface area contributed by atoms with E-state index in [1.165, 1.54) is 4.90 Å². The number of hydrogen-bond acceptors (Lipinski definition) is 4. The number of benzene rings is 1. The van der Waals surface area contributed by atoms with E-state index in [-0.39, 0.29) is 36.8 Å². The second-order valence-electron chi connectivity index (χ2n) is 8.56. The molecular formula is C24H32ClN3O4. The molecule has 0 aromatic heterocycles. The van der Waals surface area contributed by atoms with E-state index >= 15 is 0 Å². The van der Waals surface area contributed by atoms with Crippen molar-refractivity contribution in [3.8, 4) is 0 Å². The second-order valence-corrected chi connectivity index (χ2v) is 8.96. The van der Waals surface area contributed by atoms with Crippen LogP contribution in [-0.4, -0.2) is 54.0 Å². The maximum atomic E-state index is 13.6. The van der Waals surface area contributed by atoms with Gasteiger partial charge in [0, 0.05) is 26.1 Å². The van der Waals surface area contributed by atoms with Crippen molar-refractivity contribution >= 4 is 35.0 Å². The molecule has 1 aromatic rings. The van der Waals surface area contributed by atoms with E-state index in [4.69, 9.17) is 11.6 Å². The van der Waals surface area contributed by atoms with Gasteiger partial charge < -0.3 is 20.6 Å². The van der Waals surface area contributed by atoms with Gasteiger partial charge in [0.2, 0.25) is 17.7 Å². The summed E-state index contributed by atoms with van der Waals surface area (Å²) in [6.45, 7) is 4.05. The number of para-hydroxylation sites is 1. The number of likely N-dealkylation sites (tertiary alicyclic amines) is 1. The molecule has 5 atom stereocenters. The van der Waals surface area contributed by atoms with Gasteiger partial charge in [-0.25, -0.2) is 0 Å². The topological polar surface area (TPSA) is 98.7 Å². The van der Waals surface area contributed by atoms with Crippen LogP contribution in [0.5, 0.6) is 0 Å². The van der Waals surface area contributed by atoms with Crippen LogP contribution in [-0.2, 0) is 14.4 Å². The summed E-state index contributed by atoms with van der Waals surface area (Å²) in [5, 5.41) is 15.4. The molecule has 1 aliphatic carbocycles. The Morgan fingerprint density at radius 2 is 1.97 bits per heavy atom. The third-order valence-electron chi connectivity index (χ3n) is 6.58. The first-order valence-electron chi connectivity index (χ1n) is 11.2. The molecule has 1 heterocycles. The summed E-state index contributed by atoms with van der Waals surface area (Å²) < 4.78 is 0. The maximum absolute atomic E-state index is 13.6. The first-order valence-corrected chi connectivity index (χ1v) is 11.6. The van der Waals surface area contributed by atoms with Crippen LogP contribution in [0.15, 0.2) is 30.4 Å². The number of aliphatic hydroxyl groups excluding tert-OH is 1. The highest BCUT2D eigenvalue weighted by Crippen LogP contribution is 2.45. The molecule has 0 spiro atoms. The molecule has 174 valence electrons. The Morgan fingerprint density at radius 1 is 1.22 bits per heavy atom. The minimum atomic E-state index is -0.777. The standard InChI is InChI=1S/C24H32ClN3O4/c1-4-7-15-10-11-16-19(18(15)22(30)26-3)24(32)28(12-6-13-29)21(16)23(31)27-20-14(2)8-5-9-17(20)25/h5,8-11,15-16,18-19,21,29H,4,6-7,12-13H2,1-3H3,(H,26,30)(H,27,31)/t15-,16+,18-,19-,21+/m1/s1. The molecule has 1 saturated heterocycles. The number of fused-ring (bicyclic) bond motifs is 1. The molecule has 0 bridgehead atoms. The summed E-state index contributed by atoms with van der Waals surface area (Å²) in [7, 11) is 1.58. The van der Waals surface area contributed by atoms with Crippen molar-refractivity contribution in [2.24, 2.45) is 23.7 Å². The largest absolute Gasteiger partial charge is 0.396 e. The average molecular weight is 462 g/mol. The van der Waals surface area contributed by atoms with E-state index in [0.717, 1.165) is 18.4 Å². The van der Waals surface area contributed by atoms with Crippen LogP contribution in [0.2, 0.25) is 5.02 Å². The average Bonchev–Trinajstić information content (AvgIpc) is 3.06. The number of carbonyl (C=O) groups is 3. The summed E-state index contributed by atoms with van der Waals surface area (Å²) >= 11 is 6.31. The molecule has 3 N–H and O–H groups in total. The van der Waals surface area contributed by atoms with Gasteiger partial charge >= 0.3 is 0 Å². The van der Waals surface area contributed by atoms with Gasteiger partial charge in [0.15, 0.2) is 0 Å². The molecule has 7 nitrogen and oxygen atoms in total. The molecule has 3 rings (SSSR count). The van der Waals surface area contributed by atoms with Gasteiger partial charge in [0.1, 0.15) is 6.04 Å². The fourth-order valence-electron chi connectivity index (χ4n) is 5.10. The van der Waals surface area contributed by atoms with Gasteiger partial charge in [-0.3, -0.25) is 14.4 Å². The smallest absolute Gasteiger partial charge is 0.247 e. The number of allylic oxidation sites excluding steroid dienone is 1. The Hall–Kier alpha value is -2.38. The number of halogens is 1. The third kappa shape index (κ3) is 4.55. The van der Waals surface area contributed by atoms with Crippen molar-refractivity contribution in [1.29, 1.82) is 0 Å². The van der Waals surface area contributed by atoms with Crippen molar-refractivity contribution in [3.63, 3.8) is 0 Å². The first kappa shape index (κ1) is 24.3. The van der Waals surface area contributed by atoms with E-state index in [0.29, 0.717) is 17.1 Å². The van der Waals surface area contributed by atoms with E-state index in [1.54, 1.807) is 13.1 Å². The molecule has 1 fully saturated rings. The number of rotatable bonds is 8. The zero-order chi connectivity index (χ0) is 23.4. The highest BCUT2D eigenvalue weighted by molar-refractivity contribution is 6.34. The van der Waals surface area contributed by atoms with E-state index in [9.17, 15) is 19.5 Å². The van der Waals surface area contributed by atoms with E-state index in [1.807, 2.05) is 38.1 Å². The van der Waals surface area contributed by atoms with Gasteiger partial charge in [0.05, 0.1) is 22.5 Å². The van der Waals surface area contributed by atoms with Crippen molar-refractivity contribution in [3.05, 3.63) is 40.9 Å². The summed E-state index contributed by atoms with van der Waals surface area (Å²) in [6.07, 6.45) is 5.96. The van der Waals surface area contributed by atoms with Gasteiger partial charge in [-0.1, -0.05) is 49.2 Å². The Kier molecular flexibility index (Phi) is 7.96. The van der Waals surface area contributed by atoms with E-state index in [2.05, 4.69) is 10.6 Å². The lowest BCUT2D eigenvalue weighted by Crippen LogP contribution is -2.45. The maximum Gasteiger partial charge on any atom is 0.247 e. The molecule has 32 heavy (non-hydrogen) atoms. The number of anilines is 1. The number of aliphatic hydroxyl groups is 1. The lowest BCUT2D eigenvalue weighted by molar-refractivity contribution is -0.140. The minimum absolute atomic E-state index is 0.0579. The lowest BCUT2D eigenvalue weighted by Gasteiger charge is -2.34. The zero-order valence-corrected chi connectivity index (χ0v) is 19.6. The molecule has 1 aliphatic heterocycles. The Labute approximate surface area is 194 Å². The van der Waals surface area contributed by atoms with Crippen LogP contribution in [0.4, 0.5) is 5.69 Å². The highest BCUT2D eigenvalue weighted by atomic mass is 35.5. The molecule has 8 heteroatoms. The van der Waals surface area contributed by atoms with Gasteiger partial charge in [-0.15, -0.1) is 0 Å². The fourth-order valence-corrected chi connectivity index (χ4v) is 5.37. The third-order valence-corrected chi connectivity index (χ3v) is 6.89. The first-order chi connectivity index (χ1) is 15.3. The van der Waals surface area contributed by atoms with Crippen LogP contribution in [0.25, 0.3) is 0 Å². The van der Waals surface area contributed by atoms with Crippen LogP contribution in [0, 0.1) is 30.6 Å². The van der Waals surface area contributed by atoms with Crippen LogP contribution in [0.1, 0.15) is 31.7 Å². The number of aryl methyl sites for hydroxylation is 1. The molecule has 2 aliphatic rings. The van der Waals surface area contributed by atoms with Gasteiger partial charge in [-0.05, 0) is 37.3 Å². The Balaban J connectivity index is 1.99. The molecule has 0 radical (unpaired) electrons. The van der Waals surface area contributed by atoms with Gasteiger partial charge in [-0.2, -0.15) is 0 Å². The number of nitrogens with one attached hydrogen (secondary N) is 2. The summed E-state index contributed by atoms with van der Waals surface area (Å²) in [6, 6.07) is 4.58. The quantitative estimate of drug-likeness (QED) is 0.518. The van der Waals surface area contributed by atoms with Crippen LogP contribution >= 0.6 is 11.6 Å². The van der Waals surface area contributed by atoms with Crippen LogP contribution in [0.3, 0.4) is 0 Å². The van der Waals surface area contributed by atoms with E-state index < -0.39 is 23.8 Å². The monoisotopic (exact) mass is 461 g/mol. The summed E-state index contributed by atoms with van der Waals surface area (Å²) in [5.74, 6) is -2.36. The normalized spacial score (nSPS) is 26.7. The predicted molar refractivity (Wildman–Crippen MR) is 124 cm³/mol. The van der Waals surface area contributed by atoms with Crippen molar-refractivity contribution in [2.45, 2.75) is 39.2 Å². The molecule has 0 saturated carbocycles. The SMILES string of the molecule is CCC[C@@H]1C=C[C@H]2[C@@H](C(=O)N(CCCO)[C@@H]2C(=O)Nc2c(C)cccc2Cl)[C@@H]1C(=O)NC. The predicted octanol–water partition coefficient (Wildman–Crippen LogP) is 2.76. The summed E-state index contributed by atoms with van der Waals surface area (Å²) in [5.41, 5.74) is 1.34.